The number of halogens is 2. The van der Waals surface area contributed by atoms with Crippen LogP contribution in [-0.4, -0.2) is 10.1 Å². The van der Waals surface area contributed by atoms with E-state index in [4.69, 9.17) is 16.0 Å². The number of aromatic nitrogens is 1. The fourth-order valence-corrected chi connectivity index (χ4v) is 2.23. The third-order valence-corrected chi connectivity index (χ3v) is 3.26. The highest BCUT2D eigenvalue weighted by Gasteiger charge is 2.17. The van der Waals surface area contributed by atoms with Crippen molar-refractivity contribution >= 4 is 22.7 Å². The molecule has 1 atom stereocenters. The van der Waals surface area contributed by atoms with Gasteiger partial charge in [-0.3, -0.25) is 0 Å². The summed E-state index contributed by atoms with van der Waals surface area (Å²) in [6.07, 6.45) is -0.965. The first-order valence-corrected chi connectivity index (χ1v) is 6.49. The fraction of sp³-hybridized carbons (Fsp3) is 0.133. The summed E-state index contributed by atoms with van der Waals surface area (Å²) in [5.74, 6) is -0.143. The summed E-state index contributed by atoms with van der Waals surface area (Å²) in [4.78, 5) is 4.25. The van der Waals surface area contributed by atoms with Crippen molar-refractivity contribution in [1.29, 1.82) is 0 Å². The van der Waals surface area contributed by atoms with Gasteiger partial charge in [0.05, 0.1) is 12.5 Å². The minimum atomic E-state index is -1.05. The second kappa shape index (κ2) is 5.23. The SMILES string of the molecule is OC(Cc1nc2ccccc2o1)c1cc(Cl)ccc1F. The Balaban J connectivity index is 1.88. The van der Waals surface area contributed by atoms with E-state index in [1.807, 2.05) is 18.2 Å². The summed E-state index contributed by atoms with van der Waals surface area (Å²) in [6, 6.07) is 11.4. The van der Waals surface area contributed by atoms with Crippen molar-refractivity contribution < 1.29 is 13.9 Å². The average molecular weight is 292 g/mol. The summed E-state index contributed by atoms with van der Waals surface area (Å²) < 4.78 is 19.2. The normalized spacial score (nSPS) is 12.8. The molecule has 102 valence electrons. The number of oxazole rings is 1. The highest BCUT2D eigenvalue weighted by molar-refractivity contribution is 6.30. The number of aliphatic hydroxyl groups is 1. The third-order valence-electron chi connectivity index (χ3n) is 3.02. The molecule has 0 aliphatic rings. The maximum Gasteiger partial charge on any atom is 0.198 e. The van der Waals surface area contributed by atoms with Crippen LogP contribution in [0.15, 0.2) is 46.9 Å². The highest BCUT2D eigenvalue weighted by Crippen LogP contribution is 2.25. The monoisotopic (exact) mass is 291 g/mol. The maximum atomic E-state index is 13.7. The standard InChI is InChI=1S/C15H11ClFNO2/c16-9-5-6-11(17)10(7-9)13(19)8-15-18-12-3-1-2-4-14(12)20-15/h1-7,13,19H,8H2. The Morgan fingerprint density at radius 1 is 1.25 bits per heavy atom. The van der Waals surface area contributed by atoms with E-state index in [-0.39, 0.29) is 12.0 Å². The second-order valence-corrected chi connectivity index (χ2v) is 4.90. The van der Waals surface area contributed by atoms with E-state index in [0.717, 1.165) is 0 Å². The lowest BCUT2D eigenvalue weighted by molar-refractivity contribution is 0.165. The van der Waals surface area contributed by atoms with Crippen LogP contribution in [-0.2, 0) is 6.42 Å². The first kappa shape index (κ1) is 13.1. The van der Waals surface area contributed by atoms with Gasteiger partial charge in [-0.05, 0) is 30.3 Å². The van der Waals surface area contributed by atoms with Gasteiger partial charge in [0.15, 0.2) is 11.5 Å². The molecule has 3 aromatic rings. The quantitative estimate of drug-likeness (QED) is 0.796. The Labute approximate surface area is 119 Å². The van der Waals surface area contributed by atoms with E-state index in [0.29, 0.717) is 22.0 Å². The van der Waals surface area contributed by atoms with Crippen LogP contribution < -0.4 is 0 Å². The van der Waals surface area contributed by atoms with Gasteiger partial charge in [-0.2, -0.15) is 0 Å². The smallest absolute Gasteiger partial charge is 0.198 e. The van der Waals surface area contributed by atoms with Gasteiger partial charge in [0, 0.05) is 10.6 Å². The number of benzene rings is 2. The van der Waals surface area contributed by atoms with Crippen LogP contribution in [0.2, 0.25) is 5.02 Å². The van der Waals surface area contributed by atoms with Gasteiger partial charge in [-0.25, -0.2) is 9.37 Å². The molecule has 0 radical (unpaired) electrons. The molecular formula is C15H11ClFNO2. The molecule has 1 unspecified atom stereocenters. The zero-order chi connectivity index (χ0) is 14.1. The minimum Gasteiger partial charge on any atom is -0.441 e. The number of aliphatic hydroxyl groups excluding tert-OH is 1. The Hall–Kier alpha value is -1.91. The summed E-state index contributed by atoms with van der Waals surface area (Å²) in [5, 5.41) is 10.5. The number of rotatable bonds is 3. The number of hydrogen-bond acceptors (Lipinski definition) is 3. The van der Waals surface area contributed by atoms with Crippen LogP contribution in [0.4, 0.5) is 4.39 Å². The number of fused-ring (bicyclic) bond motifs is 1. The van der Waals surface area contributed by atoms with Crippen LogP contribution >= 0.6 is 11.6 Å². The number of para-hydroxylation sites is 2. The second-order valence-electron chi connectivity index (χ2n) is 4.46. The van der Waals surface area contributed by atoms with Crippen LogP contribution in [0.5, 0.6) is 0 Å². The summed E-state index contributed by atoms with van der Waals surface area (Å²) in [7, 11) is 0. The van der Waals surface area contributed by atoms with Crippen molar-refractivity contribution in [2.75, 3.05) is 0 Å². The topological polar surface area (TPSA) is 46.3 Å². The molecule has 1 N–H and O–H groups in total. The van der Waals surface area contributed by atoms with Crippen LogP contribution in [0, 0.1) is 5.82 Å². The van der Waals surface area contributed by atoms with Gasteiger partial charge in [0.2, 0.25) is 0 Å². The van der Waals surface area contributed by atoms with E-state index in [2.05, 4.69) is 4.98 Å². The summed E-state index contributed by atoms with van der Waals surface area (Å²) >= 11 is 5.81. The van der Waals surface area contributed by atoms with E-state index in [1.165, 1.54) is 18.2 Å². The van der Waals surface area contributed by atoms with Gasteiger partial charge in [0.1, 0.15) is 11.3 Å². The van der Waals surface area contributed by atoms with Crippen LogP contribution in [0.3, 0.4) is 0 Å². The Kier molecular flexibility index (Phi) is 3.42. The third kappa shape index (κ3) is 2.53. The zero-order valence-corrected chi connectivity index (χ0v) is 11.1. The summed E-state index contributed by atoms with van der Waals surface area (Å²) in [5.41, 5.74) is 1.49. The first-order chi connectivity index (χ1) is 9.63. The maximum absolute atomic E-state index is 13.7. The van der Waals surface area contributed by atoms with E-state index in [9.17, 15) is 9.50 Å². The van der Waals surface area contributed by atoms with E-state index >= 15 is 0 Å². The Morgan fingerprint density at radius 2 is 2.05 bits per heavy atom. The molecular weight excluding hydrogens is 281 g/mol. The molecule has 0 fully saturated rings. The molecule has 3 rings (SSSR count). The molecule has 0 aliphatic heterocycles. The van der Waals surface area contributed by atoms with Crippen LogP contribution in [0.25, 0.3) is 11.1 Å². The number of hydrogen-bond donors (Lipinski definition) is 1. The molecule has 0 bridgehead atoms. The molecule has 0 aliphatic carbocycles. The van der Waals surface area contributed by atoms with Gasteiger partial charge >= 0.3 is 0 Å². The van der Waals surface area contributed by atoms with Crippen molar-refractivity contribution in [2.45, 2.75) is 12.5 Å². The minimum absolute atomic E-state index is 0.0892. The molecule has 20 heavy (non-hydrogen) atoms. The molecule has 0 saturated heterocycles. The average Bonchev–Trinajstić information content (AvgIpc) is 2.83. The molecule has 5 heteroatoms. The Bertz CT molecular complexity index is 723. The lowest BCUT2D eigenvalue weighted by Gasteiger charge is -2.10. The predicted octanol–water partition coefficient (Wildman–Crippen LogP) is 3.90. The van der Waals surface area contributed by atoms with E-state index < -0.39 is 11.9 Å². The van der Waals surface area contributed by atoms with Crippen molar-refractivity contribution in [2.24, 2.45) is 0 Å². The van der Waals surface area contributed by atoms with Gasteiger partial charge in [-0.15, -0.1) is 0 Å². The number of nitrogens with zero attached hydrogens (tertiary/aromatic N) is 1. The van der Waals surface area contributed by atoms with Crippen molar-refractivity contribution in [3.63, 3.8) is 0 Å². The van der Waals surface area contributed by atoms with Gasteiger partial charge in [-0.1, -0.05) is 23.7 Å². The molecule has 3 nitrogen and oxygen atoms in total. The molecule has 0 saturated carbocycles. The first-order valence-electron chi connectivity index (χ1n) is 6.11. The zero-order valence-electron chi connectivity index (χ0n) is 10.4. The van der Waals surface area contributed by atoms with E-state index in [1.54, 1.807) is 6.07 Å². The largest absolute Gasteiger partial charge is 0.441 e. The summed E-state index contributed by atoms with van der Waals surface area (Å²) in [6.45, 7) is 0. The molecule has 1 aromatic heterocycles. The van der Waals surface area contributed by atoms with Crippen molar-refractivity contribution in [1.82, 2.24) is 4.98 Å². The van der Waals surface area contributed by atoms with Crippen molar-refractivity contribution in [3.8, 4) is 0 Å². The molecule has 0 amide bonds. The van der Waals surface area contributed by atoms with Crippen LogP contribution in [0.1, 0.15) is 17.6 Å². The highest BCUT2D eigenvalue weighted by atomic mass is 35.5. The van der Waals surface area contributed by atoms with Gasteiger partial charge < -0.3 is 9.52 Å². The predicted molar refractivity (Wildman–Crippen MR) is 74.1 cm³/mol. The van der Waals surface area contributed by atoms with Crippen molar-refractivity contribution in [3.05, 3.63) is 64.8 Å². The molecule has 1 heterocycles. The van der Waals surface area contributed by atoms with Gasteiger partial charge in [0.25, 0.3) is 0 Å². The fourth-order valence-electron chi connectivity index (χ4n) is 2.05. The Morgan fingerprint density at radius 3 is 2.85 bits per heavy atom. The molecule has 0 spiro atoms. The lowest BCUT2D eigenvalue weighted by atomic mass is 10.1. The molecule has 2 aromatic carbocycles. The lowest BCUT2D eigenvalue weighted by Crippen LogP contribution is -2.04.